The molecule has 4 aliphatic rings. The number of piperidine rings is 3. The highest BCUT2D eigenvalue weighted by Gasteiger charge is 2.60. The maximum atomic E-state index is 14.9. The third-order valence-corrected chi connectivity index (χ3v) is 7.52. The summed E-state index contributed by atoms with van der Waals surface area (Å²) in [6, 6.07) is -0.139. The fourth-order valence-electron chi connectivity index (χ4n) is 5.70. The fourth-order valence-corrected chi connectivity index (χ4v) is 5.70. The van der Waals surface area contributed by atoms with Gasteiger partial charge in [-0.3, -0.25) is 14.4 Å². The second kappa shape index (κ2) is 10.6. The van der Waals surface area contributed by atoms with Gasteiger partial charge in [0.15, 0.2) is 0 Å². The highest BCUT2D eigenvalue weighted by molar-refractivity contribution is 5.92. The Labute approximate surface area is 211 Å². The van der Waals surface area contributed by atoms with Gasteiger partial charge < -0.3 is 20.9 Å². The molecule has 200 valence electrons. The van der Waals surface area contributed by atoms with Crippen LogP contribution in [0, 0.1) is 34.8 Å². The van der Waals surface area contributed by atoms with E-state index in [2.05, 4.69) is 16.0 Å². The molecule has 5 rings (SSSR count). The minimum atomic E-state index is -3.20. The maximum Gasteiger partial charge on any atom is 0.255 e. The van der Waals surface area contributed by atoms with Gasteiger partial charge in [-0.1, -0.05) is 0 Å². The predicted molar refractivity (Wildman–Crippen MR) is 124 cm³/mol. The molecule has 37 heavy (non-hydrogen) atoms. The van der Waals surface area contributed by atoms with E-state index in [9.17, 15) is 37.2 Å². The molecule has 1 aromatic rings. The number of nitrogens with one attached hydrogen (secondary N) is 3. The van der Waals surface area contributed by atoms with E-state index >= 15 is 0 Å². The van der Waals surface area contributed by atoms with Crippen LogP contribution < -0.4 is 16.0 Å². The van der Waals surface area contributed by atoms with Crippen LogP contribution in [-0.4, -0.2) is 59.3 Å². The predicted octanol–water partition coefficient (Wildman–Crippen LogP) is 2.70. The molecule has 1 aliphatic carbocycles. The molecule has 3 amide bonds. The van der Waals surface area contributed by atoms with Gasteiger partial charge in [0.2, 0.25) is 17.7 Å². The number of amides is 3. The lowest BCUT2D eigenvalue weighted by Crippen LogP contribution is -2.70. The Morgan fingerprint density at radius 1 is 1.27 bits per heavy atom. The Kier molecular flexibility index (Phi) is 7.62. The molecule has 3 aliphatic heterocycles. The molecule has 1 aromatic carbocycles. The maximum absolute atomic E-state index is 14.9. The minimum absolute atomic E-state index is 0.0160. The molecule has 12 heteroatoms. The SMILES string of the molecule is C[C@@H](Nc1cc(F)ccc1F)C(=O)N1[C@@H]2CC[C@H]([C@H]1C(=O)N[C@H](C#N)C[C@@H]1CCCNC1=O)C(F)(F)C2. The number of benzene rings is 1. The van der Waals surface area contributed by atoms with Crippen molar-refractivity contribution in [2.75, 3.05) is 11.9 Å². The van der Waals surface area contributed by atoms with Crippen LogP contribution in [0.4, 0.5) is 23.2 Å². The van der Waals surface area contributed by atoms with Crippen molar-refractivity contribution in [2.45, 2.75) is 75.5 Å². The van der Waals surface area contributed by atoms with Gasteiger partial charge in [-0.25, -0.2) is 17.6 Å². The first-order valence-corrected chi connectivity index (χ1v) is 12.4. The van der Waals surface area contributed by atoms with Gasteiger partial charge in [0.05, 0.1) is 17.7 Å². The molecule has 0 unspecified atom stereocenters. The van der Waals surface area contributed by atoms with Crippen molar-refractivity contribution in [3.8, 4) is 6.07 Å². The molecule has 0 aromatic heterocycles. The molecule has 3 heterocycles. The number of carbonyl (C=O) groups excluding carboxylic acids is 3. The summed E-state index contributed by atoms with van der Waals surface area (Å²) in [7, 11) is 0. The molecule has 0 radical (unpaired) electrons. The van der Waals surface area contributed by atoms with Gasteiger partial charge >= 0.3 is 0 Å². The fraction of sp³-hybridized carbons (Fsp3) is 0.600. The zero-order chi connectivity index (χ0) is 26.9. The first kappa shape index (κ1) is 26.7. The van der Waals surface area contributed by atoms with E-state index in [4.69, 9.17) is 0 Å². The third-order valence-electron chi connectivity index (χ3n) is 7.52. The normalized spacial score (nSPS) is 28.0. The van der Waals surface area contributed by atoms with Crippen molar-refractivity contribution in [1.82, 2.24) is 15.5 Å². The Hall–Kier alpha value is -3.36. The van der Waals surface area contributed by atoms with Crippen LogP contribution >= 0.6 is 0 Å². The number of anilines is 1. The van der Waals surface area contributed by atoms with Gasteiger partial charge in [-0.05, 0) is 57.2 Å². The van der Waals surface area contributed by atoms with Crippen molar-refractivity contribution in [3.63, 3.8) is 0 Å². The topological polar surface area (TPSA) is 114 Å². The van der Waals surface area contributed by atoms with Gasteiger partial charge in [0.25, 0.3) is 5.92 Å². The minimum Gasteiger partial charge on any atom is -0.371 e. The Bertz CT molecular complexity index is 1110. The van der Waals surface area contributed by atoms with Crippen molar-refractivity contribution in [3.05, 3.63) is 29.8 Å². The number of nitrogens with zero attached hydrogens (tertiary/aromatic N) is 2. The van der Waals surface area contributed by atoms with Crippen LogP contribution in [-0.2, 0) is 14.4 Å². The lowest BCUT2D eigenvalue weighted by molar-refractivity contribution is -0.194. The number of halogens is 4. The summed E-state index contributed by atoms with van der Waals surface area (Å²) in [4.78, 5) is 40.0. The van der Waals surface area contributed by atoms with Gasteiger partial charge in [0, 0.05) is 24.9 Å². The number of nitriles is 1. The van der Waals surface area contributed by atoms with Crippen molar-refractivity contribution in [2.24, 2.45) is 11.8 Å². The molecule has 3 N–H and O–H groups in total. The van der Waals surface area contributed by atoms with E-state index in [1.165, 1.54) is 6.92 Å². The molecule has 4 fully saturated rings. The van der Waals surface area contributed by atoms with E-state index in [0.717, 1.165) is 29.5 Å². The van der Waals surface area contributed by atoms with Crippen LogP contribution in [0.3, 0.4) is 0 Å². The van der Waals surface area contributed by atoms with Crippen LogP contribution in [0.5, 0.6) is 0 Å². The molecule has 0 spiro atoms. The summed E-state index contributed by atoms with van der Waals surface area (Å²) in [5, 5.41) is 17.4. The lowest BCUT2D eigenvalue weighted by atomic mass is 9.71. The monoisotopic (exact) mass is 523 g/mol. The summed E-state index contributed by atoms with van der Waals surface area (Å²) in [5.41, 5.74) is -0.273. The smallest absolute Gasteiger partial charge is 0.255 e. The first-order chi connectivity index (χ1) is 17.5. The van der Waals surface area contributed by atoms with E-state index in [1.54, 1.807) is 0 Å². The van der Waals surface area contributed by atoms with Crippen LogP contribution in [0.2, 0.25) is 0 Å². The highest BCUT2D eigenvalue weighted by atomic mass is 19.3. The molecule has 8 nitrogen and oxygen atoms in total. The van der Waals surface area contributed by atoms with Gasteiger partial charge in [0.1, 0.15) is 29.8 Å². The molecular weight excluding hydrogens is 494 g/mol. The average Bonchev–Trinajstić information content (AvgIpc) is 2.85. The number of hydrogen-bond donors (Lipinski definition) is 3. The number of rotatable bonds is 7. The van der Waals surface area contributed by atoms with E-state index in [0.29, 0.717) is 13.0 Å². The number of alkyl halides is 2. The lowest BCUT2D eigenvalue weighted by Gasteiger charge is -2.54. The summed E-state index contributed by atoms with van der Waals surface area (Å²) in [6.07, 6.45) is 0.952. The summed E-state index contributed by atoms with van der Waals surface area (Å²) in [6.45, 7) is 1.91. The highest BCUT2D eigenvalue weighted by Crippen LogP contribution is 2.49. The average molecular weight is 524 g/mol. The standard InChI is InChI=1S/C25H29F4N5O3/c1-13(32-20-10-15(26)4-7-19(20)27)24(37)34-17-5-6-18(25(28,29)11-17)21(34)23(36)33-16(12-30)9-14-3-2-8-31-22(14)35/h4,7,10,13-14,16-18,21,32H,2-3,5-6,8-9,11H2,1H3,(H,31,35)(H,33,36)/t13-,14+,16+,17-,18-,21+/m1/s1. The quantitative estimate of drug-likeness (QED) is 0.476. The largest absolute Gasteiger partial charge is 0.371 e. The van der Waals surface area contributed by atoms with Crippen molar-refractivity contribution in [1.29, 1.82) is 5.26 Å². The van der Waals surface area contributed by atoms with Crippen LogP contribution in [0.1, 0.15) is 45.4 Å². The zero-order valence-electron chi connectivity index (χ0n) is 20.3. The van der Waals surface area contributed by atoms with Crippen molar-refractivity contribution < 1.29 is 31.9 Å². The molecule has 6 atom stereocenters. The molecule has 3 saturated heterocycles. The number of fused-ring (bicyclic) bond motifs is 3. The van der Waals surface area contributed by atoms with Crippen LogP contribution in [0.15, 0.2) is 18.2 Å². The summed E-state index contributed by atoms with van der Waals surface area (Å²) in [5.74, 6) is -8.52. The van der Waals surface area contributed by atoms with Crippen LogP contribution in [0.25, 0.3) is 0 Å². The third kappa shape index (κ3) is 5.50. The molecule has 1 saturated carbocycles. The number of hydrogen-bond acceptors (Lipinski definition) is 5. The number of carbonyl (C=O) groups is 3. The van der Waals surface area contributed by atoms with E-state index in [-0.39, 0.29) is 30.9 Å². The molecular formula is C25H29F4N5O3. The van der Waals surface area contributed by atoms with Gasteiger partial charge in [-0.15, -0.1) is 0 Å². The van der Waals surface area contributed by atoms with Gasteiger partial charge in [-0.2, -0.15) is 5.26 Å². The zero-order valence-corrected chi connectivity index (χ0v) is 20.3. The Morgan fingerprint density at radius 3 is 2.70 bits per heavy atom. The van der Waals surface area contributed by atoms with E-state index in [1.807, 2.05) is 6.07 Å². The van der Waals surface area contributed by atoms with Crippen molar-refractivity contribution >= 4 is 23.4 Å². The Balaban J connectivity index is 1.54. The summed E-state index contributed by atoms with van der Waals surface area (Å²) < 4.78 is 57.5. The van der Waals surface area contributed by atoms with E-state index < -0.39 is 71.8 Å². The second-order valence-corrected chi connectivity index (χ2v) is 10.0. The Morgan fingerprint density at radius 2 is 2.03 bits per heavy atom. The molecule has 2 bridgehead atoms. The summed E-state index contributed by atoms with van der Waals surface area (Å²) >= 11 is 0. The first-order valence-electron chi connectivity index (χ1n) is 12.4. The second-order valence-electron chi connectivity index (χ2n) is 10.0.